The Balaban J connectivity index is 2.52. The lowest BCUT2D eigenvalue weighted by Gasteiger charge is -2.01. The number of carbonyl (C=O) groups excluding carboxylic acids is 1. The van der Waals surface area contributed by atoms with E-state index in [1.54, 1.807) is 0 Å². The van der Waals surface area contributed by atoms with Gasteiger partial charge in [0, 0.05) is 0 Å². The van der Waals surface area contributed by atoms with Gasteiger partial charge < -0.3 is 0 Å². The van der Waals surface area contributed by atoms with Crippen LogP contribution in [0.3, 0.4) is 0 Å². The van der Waals surface area contributed by atoms with Crippen LogP contribution in [-0.4, -0.2) is 6.29 Å². The topological polar surface area (TPSA) is 17.1 Å². The summed E-state index contributed by atoms with van der Waals surface area (Å²) in [5.74, 6) is 1.13. The first-order valence-corrected chi connectivity index (χ1v) is 3.91. The van der Waals surface area contributed by atoms with Gasteiger partial charge in [-0.15, -0.1) is 0 Å². The van der Waals surface area contributed by atoms with Crippen molar-refractivity contribution in [1.82, 2.24) is 0 Å². The highest BCUT2D eigenvalue weighted by Crippen LogP contribution is 2.32. The van der Waals surface area contributed by atoms with Gasteiger partial charge in [-0.1, -0.05) is 19.9 Å². The monoisotopic (exact) mass is 138 g/mol. The number of allylic oxidation sites excluding steroid dienone is 2. The second-order valence-corrected chi connectivity index (χ2v) is 3.28. The molecule has 1 nitrogen and oxygen atoms in total. The molecule has 0 bridgehead atoms. The van der Waals surface area contributed by atoms with Crippen molar-refractivity contribution in [2.24, 2.45) is 11.8 Å². The minimum atomic E-state index is 0.401. The molecule has 10 heavy (non-hydrogen) atoms. The minimum absolute atomic E-state index is 0.401. The summed E-state index contributed by atoms with van der Waals surface area (Å²) in [6.07, 6.45) is 5.68. The summed E-state index contributed by atoms with van der Waals surface area (Å²) in [4.78, 5) is 10.4. The SMILES string of the molecule is CC(C)C(C=O)=CC1CC1. The Morgan fingerprint density at radius 3 is 2.40 bits per heavy atom. The van der Waals surface area contributed by atoms with Crippen molar-refractivity contribution in [3.05, 3.63) is 11.6 Å². The molecule has 56 valence electrons. The van der Waals surface area contributed by atoms with Crippen LogP contribution in [0.25, 0.3) is 0 Å². The summed E-state index contributed by atoms with van der Waals surface area (Å²) in [5, 5.41) is 0. The van der Waals surface area contributed by atoms with Crippen molar-refractivity contribution in [3.63, 3.8) is 0 Å². The third-order valence-electron chi connectivity index (χ3n) is 1.85. The number of aldehydes is 1. The lowest BCUT2D eigenvalue weighted by molar-refractivity contribution is -0.105. The third-order valence-corrected chi connectivity index (χ3v) is 1.85. The molecule has 0 N–H and O–H groups in total. The standard InChI is InChI=1S/C9H14O/c1-7(2)9(6-10)5-8-3-4-8/h5-8H,3-4H2,1-2H3. The molecule has 0 unspecified atom stereocenters. The summed E-state index contributed by atoms with van der Waals surface area (Å²) in [5.41, 5.74) is 0.975. The molecule has 1 heteroatoms. The Morgan fingerprint density at radius 2 is 2.10 bits per heavy atom. The van der Waals surface area contributed by atoms with Gasteiger partial charge in [0.25, 0.3) is 0 Å². The molecule has 0 aromatic carbocycles. The zero-order valence-electron chi connectivity index (χ0n) is 6.63. The minimum Gasteiger partial charge on any atom is -0.298 e. The molecule has 0 amide bonds. The molecule has 0 aromatic rings. The van der Waals surface area contributed by atoms with Crippen LogP contribution >= 0.6 is 0 Å². The van der Waals surface area contributed by atoms with Gasteiger partial charge in [-0.3, -0.25) is 4.79 Å². The second-order valence-electron chi connectivity index (χ2n) is 3.28. The van der Waals surface area contributed by atoms with Gasteiger partial charge in [-0.2, -0.15) is 0 Å². The van der Waals surface area contributed by atoms with Gasteiger partial charge >= 0.3 is 0 Å². The van der Waals surface area contributed by atoms with E-state index in [2.05, 4.69) is 19.9 Å². The highest BCUT2D eigenvalue weighted by molar-refractivity contribution is 5.73. The fraction of sp³-hybridized carbons (Fsp3) is 0.667. The molecule has 0 aromatic heterocycles. The fourth-order valence-electron chi connectivity index (χ4n) is 0.903. The highest BCUT2D eigenvalue weighted by atomic mass is 16.1. The quantitative estimate of drug-likeness (QED) is 0.431. The van der Waals surface area contributed by atoms with Gasteiger partial charge in [-0.05, 0) is 30.3 Å². The first kappa shape index (κ1) is 7.52. The summed E-state index contributed by atoms with van der Waals surface area (Å²) in [6, 6.07) is 0. The average molecular weight is 138 g/mol. The maximum atomic E-state index is 10.4. The van der Waals surface area contributed by atoms with Gasteiger partial charge in [-0.25, -0.2) is 0 Å². The number of hydrogen-bond acceptors (Lipinski definition) is 1. The van der Waals surface area contributed by atoms with Crippen molar-refractivity contribution in [1.29, 1.82) is 0 Å². The largest absolute Gasteiger partial charge is 0.298 e. The second kappa shape index (κ2) is 3.00. The maximum absolute atomic E-state index is 10.4. The van der Waals surface area contributed by atoms with Crippen LogP contribution in [0, 0.1) is 11.8 Å². The van der Waals surface area contributed by atoms with Gasteiger partial charge in [0.1, 0.15) is 6.29 Å². The van der Waals surface area contributed by atoms with E-state index >= 15 is 0 Å². The van der Waals surface area contributed by atoms with E-state index < -0.39 is 0 Å². The van der Waals surface area contributed by atoms with Crippen LogP contribution in [0.1, 0.15) is 26.7 Å². The van der Waals surface area contributed by atoms with Gasteiger partial charge in [0.05, 0.1) is 0 Å². The Bertz CT molecular complexity index is 152. The van der Waals surface area contributed by atoms with Crippen LogP contribution in [0.2, 0.25) is 0 Å². The van der Waals surface area contributed by atoms with Crippen LogP contribution in [0.15, 0.2) is 11.6 Å². The average Bonchev–Trinajstić information content (AvgIpc) is 2.64. The van der Waals surface area contributed by atoms with Crippen molar-refractivity contribution in [3.8, 4) is 0 Å². The Hall–Kier alpha value is -0.590. The third kappa shape index (κ3) is 1.98. The van der Waals surface area contributed by atoms with Crippen LogP contribution < -0.4 is 0 Å². The zero-order valence-corrected chi connectivity index (χ0v) is 6.63. The molecule has 0 atom stereocenters. The fourth-order valence-corrected chi connectivity index (χ4v) is 0.903. The molecular weight excluding hydrogens is 124 g/mol. The van der Waals surface area contributed by atoms with Crippen LogP contribution in [0.4, 0.5) is 0 Å². The summed E-state index contributed by atoms with van der Waals surface area (Å²) in [7, 11) is 0. The van der Waals surface area contributed by atoms with Crippen molar-refractivity contribution in [2.75, 3.05) is 0 Å². The molecule has 1 fully saturated rings. The molecule has 1 aliphatic rings. The molecular formula is C9H14O. The number of hydrogen-bond donors (Lipinski definition) is 0. The smallest absolute Gasteiger partial charge is 0.145 e. The van der Waals surface area contributed by atoms with Crippen LogP contribution in [-0.2, 0) is 4.79 Å². The van der Waals surface area contributed by atoms with E-state index in [9.17, 15) is 4.79 Å². The van der Waals surface area contributed by atoms with E-state index in [4.69, 9.17) is 0 Å². The van der Waals surface area contributed by atoms with E-state index in [-0.39, 0.29) is 0 Å². The van der Waals surface area contributed by atoms with Gasteiger partial charge in [0.15, 0.2) is 0 Å². The molecule has 0 saturated heterocycles. The maximum Gasteiger partial charge on any atom is 0.145 e. The molecule has 1 aliphatic carbocycles. The molecule has 1 rings (SSSR count). The Morgan fingerprint density at radius 1 is 1.50 bits per heavy atom. The molecule has 0 radical (unpaired) electrons. The van der Waals surface area contributed by atoms with E-state index in [0.29, 0.717) is 5.92 Å². The van der Waals surface area contributed by atoms with Gasteiger partial charge in [0.2, 0.25) is 0 Å². The lowest BCUT2D eigenvalue weighted by atomic mass is 10.0. The predicted molar refractivity (Wildman–Crippen MR) is 41.7 cm³/mol. The highest BCUT2D eigenvalue weighted by Gasteiger charge is 2.19. The Kier molecular flexibility index (Phi) is 2.25. The molecule has 1 saturated carbocycles. The summed E-state index contributed by atoms with van der Waals surface area (Å²) < 4.78 is 0. The zero-order chi connectivity index (χ0) is 7.56. The first-order chi connectivity index (χ1) is 4.74. The normalized spacial score (nSPS) is 19.7. The van der Waals surface area contributed by atoms with Crippen molar-refractivity contribution >= 4 is 6.29 Å². The first-order valence-electron chi connectivity index (χ1n) is 3.91. The summed E-state index contributed by atoms with van der Waals surface area (Å²) >= 11 is 0. The predicted octanol–water partition coefficient (Wildman–Crippen LogP) is 2.18. The van der Waals surface area contributed by atoms with Crippen molar-refractivity contribution < 1.29 is 4.79 Å². The summed E-state index contributed by atoms with van der Waals surface area (Å²) in [6.45, 7) is 4.12. The molecule has 0 heterocycles. The van der Waals surface area contributed by atoms with E-state index in [0.717, 1.165) is 17.8 Å². The van der Waals surface area contributed by atoms with E-state index in [1.807, 2.05) is 0 Å². The van der Waals surface area contributed by atoms with E-state index in [1.165, 1.54) is 12.8 Å². The van der Waals surface area contributed by atoms with Crippen LogP contribution in [0.5, 0.6) is 0 Å². The Labute approximate surface area is 62.1 Å². The number of carbonyl (C=O) groups is 1. The lowest BCUT2D eigenvalue weighted by Crippen LogP contribution is -1.95. The molecule has 0 spiro atoms. The number of rotatable bonds is 3. The molecule has 0 aliphatic heterocycles. The van der Waals surface area contributed by atoms with Crippen molar-refractivity contribution in [2.45, 2.75) is 26.7 Å².